The van der Waals surface area contributed by atoms with Crippen LogP contribution in [0.1, 0.15) is 16.8 Å². The molecule has 0 unspecified atom stereocenters. The molecule has 5 nitrogen and oxygen atoms in total. The fraction of sp³-hybridized carbons (Fsp3) is 0.222. The van der Waals surface area contributed by atoms with Gasteiger partial charge in [0.05, 0.1) is 6.54 Å². The van der Waals surface area contributed by atoms with Gasteiger partial charge in [-0.3, -0.25) is 4.90 Å². The van der Waals surface area contributed by atoms with E-state index >= 15 is 0 Å². The molecule has 0 fully saturated rings. The van der Waals surface area contributed by atoms with Crippen molar-refractivity contribution in [3.05, 3.63) is 59.3 Å². The lowest BCUT2D eigenvalue weighted by Crippen LogP contribution is -2.37. The average Bonchev–Trinajstić information content (AvgIpc) is 2.97. The summed E-state index contributed by atoms with van der Waals surface area (Å²) in [7, 11) is 1.75. The number of fused-ring (bicyclic) bond motifs is 1. The van der Waals surface area contributed by atoms with Gasteiger partial charge < -0.3 is 9.84 Å². The second-order valence-electron chi connectivity index (χ2n) is 5.61. The maximum absolute atomic E-state index is 12.3. The first-order valence-electron chi connectivity index (χ1n) is 7.48. The highest BCUT2D eigenvalue weighted by Crippen LogP contribution is 2.19. The highest BCUT2D eigenvalue weighted by molar-refractivity contribution is 5.91. The third kappa shape index (κ3) is 3.04. The minimum Gasteiger partial charge on any atom is -0.356 e. The van der Waals surface area contributed by atoms with E-state index in [9.17, 15) is 4.79 Å². The number of para-hydroxylation sites is 1. The van der Waals surface area contributed by atoms with Crippen LogP contribution in [0.5, 0.6) is 0 Å². The summed E-state index contributed by atoms with van der Waals surface area (Å²) in [4.78, 5) is 13.9. The first-order valence-corrected chi connectivity index (χ1v) is 7.48. The maximum atomic E-state index is 12.3. The fourth-order valence-corrected chi connectivity index (χ4v) is 2.40. The molecule has 5 heteroatoms. The molecule has 2 amide bonds. The Hall–Kier alpha value is -2.82. The molecule has 23 heavy (non-hydrogen) atoms. The van der Waals surface area contributed by atoms with Gasteiger partial charge in [0.2, 0.25) is 0 Å². The predicted molar refractivity (Wildman–Crippen MR) is 90.6 cm³/mol. The summed E-state index contributed by atoms with van der Waals surface area (Å²) < 4.78 is 5.24. The molecular weight excluding hydrogens is 290 g/mol. The number of benzene rings is 2. The summed E-state index contributed by atoms with van der Waals surface area (Å²) in [5.41, 5.74) is 4.67. The molecule has 1 heterocycles. The number of nitrogens with one attached hydrogen (secondary N) is 1. The molecule has 0 spiro atoms. The Bertz CT molecular complexity index is 854. The number of carbonyl (C=O) groups is 1. The van der Waals surface area contributed by atoms with Crippen molar-refractivity contribution >= 4 is 22.7 Å². The van der Waals surface area contributed by atoms with Gasteiger partial charge in [-0.25, -0.2) is 4.79 Å². The summed E-state index contributed by atoms with van der Waals surface area (Å²) in [6, 6.07) is 13.4. The molecule has 0 aliphatic heterocycles. The number of rotatable bonds is 3. The van der Waals surface area contributed by atoms with Gasteiger partial charge in [-0.2, -0.15) is 0 Å². The molecule has 1 aromatic heterocycles. The van der Waals surface area contributed by atoms with Gasteiger partial charge in [0.25, 0.3) is 0 Å². The van der Waals surface area contributed by atoms with Crippen LogP contribution in [-0.4, -0.2) is 18.2 Å². The number of amides is 2. The Kier molecular flexibility index (Phi) is 4.02. The second-order valence-corrected chi connectivity index (χ2v) is 5.61. The van der Waals surface area contributed by atoms with E-state index in [1.807, 2.05) is 49.4 Å². The van der Waals surface area contributed by atoms with E-state index in [0.29, 0.717) is 6.54 Å². The zero-order valence-corrected chi connectivity index (χ0v) is 13.5. The van der Waals surface area contributed by atoms with Crippen molar-refractivity contribution in [1.82, 2.24) is 10.5 Å². The smallest absolute Gasteiger partial charge is 0.321 e. The maximum Gasteiger partial charge on any atom is 0.321 e. The summed E-state index contributed by atoms with van der Waals surface area (Å²) in [5, 5.41) is 7.81. The van der Waals surface area contributed by atoms with Gasteiger partial charge in [-0.1, -0.05) is 23.4 Å². The van der Waals surface area contributed by atoms with Gasteiger partial charge in [0, 0.05) is 18.1 Å². The molecule has 0 saturated heterocycles. The predicted octanol–water partition coefficient (Wildman–Crippen LogP) is 3.79. The normalized spacial score (nSPS) is 10.7. The van der Waals surface area contributed by atoms with Gasteiger partial charge in [0.15, 0.2) is 5.58 Å². The Balaban J connectivity index is 1.70. The average molecular weight is 309 g/mol. The second kappa shape index (κ2) is 6.12. The van der Waals surface area contributed by atoms with Crippen LogP contribution in [0, 0.1) is 13.8 Å². The number of hydrogen-bond donors (Lipinski definition) is 1. The van der Waals surface area contributed by atoms with E-state index in [2.05, 4.69) is 17.4 Å². The number of carbonyl (C=O) groups excluding carboxylic acids is 1. The highest BCUT2D eigenvalue weighted by Gasteiger charge is 2.13. The zero-order chi connectivity index (χ0) is 16.4. The molecule has 0 bridgehead atoms. The number of urea groups is 1. The SMILES string of the molecule is Cc1ccc(N(C)C(=O)NCc2noc3ccccc23)cc1C. The lowest BCUT2D eigenvalue weighted by molar-refractivity contribution is 0.247. The minimum absolute atomic E-state index is 0.180. The van der Waals surface area contributed by atoms with E-state index in [4.69, 9.17) is 4.52 Å². The van der Waals surface area contributed by atoms with Crippen molar-refractivity contribution < 1.29 is 9.32 Å². The molecule has 0 radical (unpaired) electrons. The third-order valence-electron chi connectivity index (χ3n) is 4.04. The van der Waals surface area contributed by atoms with Crippen molar-refractivity contribution in [3.8, 4) is 0 Å². The number of aromatic nitrogens is 1. The summed E-state index contributed by atoms with van der Waals surface area (Å²) >= 11 is 0. The Morgan fingerprint density at radius 2 is 1.96 bits per heavy atom. The van der Waals surface area contributed by atoms with Crippen molar-refractivity contribution in [1.29, 1.82) is 0 Å². The molecule has 1 N–H and O–H groups in total. The van der Waals surface area contributed by atoms with E-state index in [1.54, 1.807) is 11.9 Å². The largest absolute Gasteiger partial charge is 0.356 e. The molecule has 3 rings (SSSR count). The van der Waals surface area contributed by atoms with Crippen molar-refractivity contribution in [2.45, 2.75) is 20.4 Å². The first-order chi connectivity index (χ1) is 11.1. The van der Waals surface area contributed by atoms with Crippen molar-refractivity contribution in [3.63, 3.8) is 0 Å². The molecule has 0 saturated carbocycles. The Morgan fingerprint density at radius 3 is 2.74 bits per heavy atom. The fourth-order valence-electron chi connectivity index (χ4n) is 2.40. The van der Waals surface area contributed by atoms with Gasteiger partial charge in [-0.15, -0.1) is 0 Å². The third-order valence-corrected chi connectivity index (χ3v) is 4.04. The first kappa shape index (κ1) is 15.1. The van der Waals surface area contributed by atoms with Crippen LogP contribution in [0.15, 0.2) is 47.0 Å². The molecule has 0 aliphatic carbocycles. The van der Waals surface area contributed by atoms with Crippen LogP contribution >= 0.6 is 0 Å². The minimum atomic E-state index is -0.180. The van der Waals surface area contributed by atoms with Gasteiger partial charge in [0.1, 0.15) is 5.69 Å². The van der Waals surface area contributed by atoms with Crippen LogP contribution < -0.4 is 10.2 Å². The number of hydrogen-bond acceptors (Lipinski definition) is 3. The lowest BCUT2D eigenvalue weighted by atomic mass is 10.1. The molecule has 3 aromatic rings. The standard InChI is InChI=1S/C18H19N3O2/c1-12-8-9-14(10-13(12)2)21(3)18(22)19-11-16-15-6-4-5-7-17(15)23-20-16/h4-10H,11H2,1-3H3,(H,19,22). The summed E-state index contributed by atoms with van der Waals surface area (Å²) in [6.07, 6.45) is 0. The highest BCUT2D eigenvalue weighted by atomic mass is 16.5. The monoisotopic (exact) mass is 309 g/mol. The van der Waals surface area contributed by atoms with E-state index in [-0.39, 0.29) is 6.03 Å². The van der Waals surface area contributed by atoms with Crippen LogP contribution in [0.25, 0.3) is 11.0 Å². The molecule has 0 aliphatic rings. The molecule has 0 atom stereocenters. The van der Waals surface area contributed by atoms with E-state index in [0.717, 1.165) is 27.9 Å². The van der Waals surface area contributed by atoms with E-state index in [1.165, 1.54) is 5.56 Å². The van der Waals surface area contributed by atoms with Crippen LogP contribution in [-0.2, 0) is 6.54 Å². The van der Waals surface area contributed by atoms with Gasteiger partial charge >= 0.3 is 6.03 Å². The van der Waals surface area contributed by atoms with Crippen molar-refractivity contribution in [2.24, 2.45) is 0 Å². The quantitative estimate of drug-likeness (QED) is 0.800. The summed E-state index contributed by atoms with van der Waals surface area (Å²) in [5.74, 6) is 0. The van der Waals surface area contributed by atoms with Crippen LogP contribution in [0.4, 0.5) is 10.5 Å². The molecule has 118 valence electrons. The molecule has 2 aromatic carbocycles. The van der Waals surface area contributed by atoms with Crippen LogP contribution in [0.2, 0.25) is 0 Å². The summed E-state index contributed by atoms with van der Waals surface area (Å²) in [6.45, 7) is 4.41. The topological polar surface area (TPSA) is 58.4 Å². The lowest BCUT2D eigenvalue weighted by Gasteiger charge is -2.18. The number of nitrogens with zero attached hydrogens (tertiary/aromatic N) is 2. The zero-order valence-electron chi connectivity index (χ0n) is 13.5. The molecular formula is C18H19N3O2. The van der Waals surface area contributed by atoms with Crippen molar-refractivity contribution in [2.75, 3.05) is 11.9 Å². The number of aryl methyl sites for hydroxylation is 2. The van der Waals surface area contributed by atoms with Crippen LogP contribution in [0.3, 0.4) is 0 Å². The number of anilines is 1. The van der Waals surface area contributed by atoms with Gasteiger partial charge in [-0.05, 0) is 49.2 Å². The Morgan fingerprint density at radius 1 is 1.17 bits per heavy atom. The Labute approximate surface area is 134 Å². The van der Waals surface area contributed by atoms with E-state index < -0.39 is 0 Å².